The van der Waals surface area contributed by atoms with E-state index in [1.165, 1.54) is 7.11 Å². The molecule has 0 saturated carbocycles. The van der Waals surface area contributed by atoms with Crippen LogP contribution >= 0.6 is 0 Å². The van der Waals surface area contributed by atoms with Crippen LogP contribution in [0.5, 0.6) is 0 Å². The van der Waals surface area contributed by atoms with Crippen LogP contribution in [0.2, 0.25) is 0 Å². The highest BCUT2D eigenvalue weighted by atomic mass is 16.7. The maximum atomic E-state index is 9.97. The zero-order valence-electron chi connectivity index (χ0n) is 7.19. The first-order valence-corrected chi connectivity index (χ1v) is 3.62. The molecular formula is C7H14O5. The number of rotatable bonds is 5. The molecule has 0 aliphatic heterocycles. The Morgan fingerprint density at radius 3 is 2.50 bits per heavy atom. The van der Waals surface area contributed by atoms with Crippen molar-refractivity contribution in [2.45, 2.75) is 25.6 Å². The first-order chi connectivity index (χ1) is 5.56. The van der Waals surface area contributed by atoms with Crippen LogP contribution in [0.3, 0.4) is 0 Å². The lowest BCUT2D eigenvalue weighted by atomic mass is 10.2. The molecule has 0 saturated heterocycles. The van der Waals surface area contributed by atoms with Crippen molar-refractivity contribution in [3.63, 3.8) is 0 Å². The number of carbonyl (C=O) groups is 1. The predicted octanol–water partition coefficient (Wildman–Crippen LogP) is 0.467. The molecule has 12 heavy (non-hydrogen) atoms. The van der Waals surface area contributed by atoms with Crippen LogP contribution in [0.25, 0.3) is 0 Å². The Kier molecular flexibility index (Phi) is 5.40. The van der Waals surface area contributed by atoms with Gasteiger partial charge in [-0.3, -0.25) is 0 Å². The Morgan fingerprint density at radius 2 is 2.17 bits per heavy atom. The van der Waals surface area contributed by atoms with E-state index in [2.05, 4.69) is 4.74 Å². The molecule has 0 aliphatic carbocycles. The van der Waals surface area contributed by atoms with E-state index < -0.39 is 12.3 Å². The van der Waals surface area contributed by atoms with Gasteiger partial charge < -0.3 is 19.7 Å². The maximum absolute atomic E-state index is 9.97. The number of aliphatic hydroxyl groups excluding tert-OH is 1. The van der Waals surface area contributed by atoms with E-state index in [1.54, 1.807) is 6.92 Å². The van der Waals surface area contributed by atoms with Gasteiger partial charge >= 0.3 is 6.16 Å². The van der Waals surface area contributed by atoms with Gasteiger partial charge in [0, 0.05) is 13.5 Å². The van der Waals surface area contributed by atoms with E-state index in [9.17, 15) is 4.79 Å². The van der Waals surface area contributed by atoms with Crippen molar-refractivity contribution in [2.24, 2.45) is 0 Å². The number of aliphatic hydroxyl groups is 1. The van der Waals surface area contributed by atoms with Gasteiger partial charge in [0.05, 0.1) is 12.2 Å². The van der Waals surface area contributed by atoms with Crippen molar-refractivity contribution in [1.82, 2.24) is 0 Å². The van der Waals surface area contributed by atoms with Crippen molar-refractivity contribution in [1.29, 1.82) is 0 Å². The SMILES string of the molecule is CO[C@H](COC(=O)O)CC(C)O. The van der Waals surface area contributed by atoms with E-state index in [4.69, 9.17) is 14.9 Å². The third-order valence-corrected chi connectivity index (χ3v) is 1.33. The average Bonchev–Trinajstić information content (AvgIpc) is 1.97. The fourth-order valence-corrected chi connectivity index (χ4v) is 0.777. The number of methoxy groups -OCH3 is 1. The van der Waals surface area contributed by atoms with Gasteiger partial charge in [0.1, 0.15) is 6.61 Å². The van der Waals surface area contributed by atoms with Gasteiger partial charge in [-0.05, 0) is 6.92 Å². The molecule has 0 aromatic heterocycles. The number of ether oxygens (including phenoxy) is 2. The Labute approximate surface area is 70.9 Å². The summed E-state index contributed by atoms with van der Waals surface area (Å²) in [6, 6.07) is 0. The van der Waals surface area contributed by atoms with Crippen LogP contribution in [0.15, 0.2) is 0 Å². The molecule has 2 N–H and O–H groups in total. The molecule has 1 unspecified atom stereocenters. The summed E-state index contributed by atoms with van der Waals surface area (Å²) >= 11 is 0. The summed E-state index contributed by atoms with van der Waals surface area (Å²) in [6.45, 7) is 1.56. The zero-order valence-corrected chi connectivity index (χ0v) is 7.19. The van der Waals surface area contributed by atoms with Crippen LogP contribution in [0.1, 0.15) is 13.3 Å². The Balaban J connectivity index is 3.60. The number of hydrogen-bond donors (Lipinski definition) is 2. The minimum atomic E-state index is -1.33. The molecule has 5 heteroatoms. The summed E-state index contributed by atoms with van der Waals surface area (Å²) in [5.41, 5.74) is 0. The summed E-state index contributed by atoms with van der Waals surface area (Å²) in [5.74, 6) is 0. The minimum absolute atomic E-state index is 0.0449. The lowest BCUT2D eigenvalue weighted by Gasteiger charge is -2.15. The third-order valence-electron chi connectivity index (χ3n) is 1.33. The van der Waals surface area contributed by atoms with Gasteiger partial charge in [-0.2, -0.15) is 0 Å². The van der Waals surface area contributed by atoms with Gasteiger partial charge in [-0.1, -0.05) is 0 Å². The second-order valence-electron chi connectivity index (χ2n) is 2.52. The molecule has 0 radical (unpaired) electrons. The molecule has 0 amide bonds. The van der Waals surface area contributed by atoms with Crippen molar-refractivity contribution in [3.8, 4) is 0 Å². The molecular weight excluding hydrogens is 164 g/mol. The average molecular weight is 178 g/mol. The highest BCUT2D eigenvalue weighted by Crippen LogP contribution is 2.02. The fourth-order valence-electron chi connectivity index (χ4n) is 0.777. The van der Waals surface area contributed by atoms with E-state index >= 15 is 0 Å². The van der Waals surface area contributed by atoms with Gasteiger partial charge in [0.15, 0.2) is 0 Å². The first kappa shape index (κ1) is 11.2. The maximum Gasteiger partial charge on any atom is 0.505 e. The standard InChI is InChI=1S/C7H14O5/c1-5(8)3-6(11-2)4-12-7(9)10/h5-6,8H,3-4H2,1-2H3,(H,9,10)/t5?,6-/m0/s1. The van der Waals surface area contributed by atoms with Gasteiger partial charge in [0.25, 0.3) is 0 Å². The molecule has 0 aromatic carbocycles. The van der Waals surface area contributed by atoms with Crippen molar-refractivity contribution < 1.29 is 24.5 Å². The first-order valence-electron chi connectivity index (χ1n) is 3.62. The van der Waals surface area contributed by atoms with Gasteiger partial charge in [0.2, 0.25) is 0 Å². The lowest BCUT2D eigenvalue weighted by molar-refractivity contribution is -0.00594. The molecule has 0 fully saturated rings. The van der Waals surface area contributed by atoms with Crippen molar-refractivity contribution >= 4 is 6.16 Å². The Morgan fingerprint density at radius 1 is 1.58 bits per heavy atom. The van der Waals surface area contributed by atoms with E-state index in [0.717, 1.165) is 0 Å². The van der Waals surface area contributed by atoms with Crippen LogP contribution in [-0.2, 0) is 9.47 Å². The van der Waals surface area contributed by atoms with Crippen molar-refractivity contribution in [2.75, 3.05) is 13.7 Å². The van der Waals surface area contributed by atoms with Gasteiger partial charge in [-0.25, -0.2) is 4.79 Å². The second kappa shape index (κ2) is 5.79. The van der Waals surface area contributed by atoms with E-state index in [-0.39, 0.29) is 12.7 Å². The zero-order chi connectivity index (χ0) is 9.56. The van der Waals surface area contributed by atoms with E-state index in [0.29, 0.717) is 6.42 Å². The summed E-state index contributed by atoms with van der Waals surface area (Å²) < 4.78 is 9.14. The molecule has 0 heterocycles. The molecule has 0 aromatic rings. The molecule has 0 spiro atoms. The quantitative estimate of drug-likeness (QED) is 0.598. The monoisotopic (exact) mass is 178 g/mol. The Hall–Kier alpha value is -0.810. The predicted molar refractivity (Wildman–Crippen MR) is 41.1 cm³/mol. The molecule has 0 rings (SSSR count). The number of hydrogen-bond acceptors (Lipinski definition) is 4. The summed E-state index contributed by atoms with van der Waals surface area (Å²) in [5, 5.41) is 17.1. The highest BCUT2D eigenvalue weighted by molar-refractivity contribution is 5.56. The largest absolute Gasteiger partial charge is 0.505 e. The highest BCUT2D eigenvalue weighted by Gasteiger charge is 2.12. The number of carboxylic acid groups (broad SMARTS) is 1. The molecule has 2 atom stereocenters. The van der Waals surface area contributed by atoms with Crippen molar-refractivity contribution in [3.05, 3.63) is 0 Å². The van der Waals surface area contributed by atoms with E-state index in [1.807, 2.05) is 0 Å². The molecule has 0 aliphatic rings. The summed E-state index contributed by atoms with van der Waals surface area (Å²) in [6.07, 6.45) is -1.86. The summed E-state index contributed by atoms with van der Waals surface area (Å²) in [4.78, 5) is 9.97. The minimum Gasteiger partial charge on any atom is -0.450 e. The molecule has 0 bridgehead atoms. The van der Waals surface area contributed by atoms with Gasteiger partial charge in [-0.15, -0.1) is 0 Å². The van der Waals surface area contributed by atoms with Crippen LogP contribution < -0.4 is 0 Å². The molecule has 72 valence electrons. The van der Waals surface area contributed by atoms with Crippen LogP contribution in [0.4, 0.5) is 4.79 Å². The fraction of sp³-hybridized carbons (Fsp3) is 0.857. The smallest absolute Gasteiger partial charge is 0.450 e. The molecule has 5 nitrogen and oxygen atoms in total. The normalized spacial score (nSPS) is 15.2. The second-order valence-corrected chi connectivity index (χ2v) is 2.52. The topological polar surface area (TPSA) is 76.0 Å². The Bertz CT molecular complexity index is 134. The van der Waals surface area contributed by atoms with Crippen LogP contribution in [-0.4, -0.2) is 42.3 Å². The lowest BCUT2D eigenvalue weighted by Crippen LogP contribution is -2.24. The third kappa shape index (κ3) is 5.94. The summed E-state index contributed by atoms with van der Waals surface area (Å²) in [7, 11) is 1.44. The van der Waals surface area contributed by atoms with Crippen LogP contribution in [0, 0.1) is 0 Å².